The first-order chi connectivity index (χ1) is 9.72. The first-order valence-corrected chi connectivity index (χ1v) is 7.83. The van der Waals surface area contributed by atoms with Crippen LogP contribution in [0, 0.1) is 5.92 Å². The molecule has 2 aliphatic rings. The lowest BCUT2D eigenvalue weighted by molar-refractivity contribution is -0.0549. The van der Waals surface area contributed by atoms with Crippen LogP contribution in [-0.4, -0.2) is 52.8 Å². The van der Waals surface area contributed by atoms with Crippen molar-refractivity contribution in [3.63, 3.8) is 0 Å². The van der Waals surface area contributed by atoms with E-state index < -0.39 is 0 Å². The quantitative estimate of drug-likeness (QED) is 0.892. The van der Waals surface area contributed by atoms with Crippen LogP contribution in [0.3, 0.4) is 0 Å². The molecule has 0 radical (unpaired) electrons. The van der Waals surface area contributed by atoms with Crippen molar-refractivity contribution < 1.29 is 4.74 Å². The molecule has 20 heavy (non-hydrogen) atoms. The van der Waals surface area contributed by atoms with Crippen LogP contribution >= 0.6 is 0 Å². The van der Waals surface area contributed by atoms with E-state index in [-0.39, 0.29) is 6.10 Å². The molecule has 0 aromatic carbocycles. The van der Waals surface area contributed by atoms with E-state index in [1.54, 1.807) is 0 Å². The topological polar surface area (TPSA) is 42.3 Å². The van der Waals surface area contributed by atoms with Gasteiger partial charge in [0.05, 0.1) is 19.3 Å². The van der Waals surface area contributed by atoms with Crippen LogP contribution in [0.1, 0.15) is 26.7 Å². The Morgan fingerprint density at radius 1 is 1.50 bits per heavy atom. The number of aromatic nitrogens is 2. The van der Waals surface area contributed by atoms with Crippen molar-refractivity contribution >= 4 is 5.95 Å². The molecule has 1 N–H and O–H groups in total. The van der Waals surface area contributed by atoms with E-state index in [9.17, 15) is 0 Å². The number of rotatable bonds is 5. The van der Waals surface area contributed by atoms with Gasteiger partial charge >= 0.3 is 0 Å². The molecule has 1 aromatic rings. The molecule has 5 nitrogen and oxygen atoms in total. The van der Waals surface area contributed by atoms with Crippen molar-refractivity contribution in [3.05, 3.63) is 12.4 Å². The lowest BCUT2D eigenvalue weighted by Crippen LogP contribution is -2.47. The maximum Gasteiger partial charge on any atom is 0.202 e. The standard InChI is InChI=1S/C15H26N4O/c1-12(2)8-17-15-16-5-7-19(15)10-14-9-18-6-3-4-13(18)11-20-14/h5,7,12-14H,3-4,6,8-11H2,1-2H3,(H,16,17). The summed E-state index contributed by atoms with van der Waals surface area (Å²) in [7, 11) is 0. The summed E-state index contributed by atoms with van der Waals surface area (Å²) in [6.45, 7) is 9.46. The maximum absolute atomic E-state index is 6.03. The largest absolute Gasteiger partial charge is 0.373 e. The Morgan fingerprint density at radius 2 is 2.40 bits per heavy atom. The third-order valence-corrected chi connectivity index (χ3v) is 4.25. The molecule has 0 amide bonds. The molecule has 5 heteroatoms. The summed E-state index contributed by atoms with van der Waals surface area (Å²) in [6.07, 6.45) is 6.83. The van der Waals surface area contributed by atoms with Crippen LogP contribution in [0.15, 0.2) is 12.4 Å². The number of hydrogen-bond acceptors (Lipinski definition) is 4. The second-order valence-corrected chi connectivity index (χ2v) is 6.42. The van der Waals surface area contributed by atoms with Crippen molar-refractivity contribution in [2.45, 2.75) is 45.4 Å². The number of imidazole rings is 1. The highest BCUT2D eigenvalue weighted by atomic mass is 16.5. The van der Waals surface area contributed by atoms with E-state index >= 15 is 0 Å². The predicted octanol–water partition coefficient (Wildman–Crippen LogP) is 1.81. The van der Waals surface area contributed by atoms with Gasteiger partial charge in [-0.2, -0.15) is 0 Å². The normalized spacial score (nSPS) is 26.9. The molecule has 0 aliphatic carbocycles. The van der Waals surface area contributed by atoms with E-state index in [4.69, 9.17) is 4.74 Å². The molecule has 0 bridgehead atoms. The summed E-state index contributed by atoms with van der Waals surface area (Å²) in [5.74, 6) is 1.59. The van der Waals surface area contributed by atoms with Gasteiger partial charge in [-0.1, -0.05) is 13.8 Å². The zero-order valence-electron chi connectivity index (χ0n) is 12.6. The van der Waals surface area contributed by atoms with E-state index in [2.05, 4.69) is 33.6 Å². The molecule has 112 valence electrons. The van der Waals surface area contributed by atoms with Crippen LogP contribution in [0.2, 0.25) is 0 Å². The predicted molar refractivity (Wildman–Crippen MR) is 79.9 cm³/mol. The minimum atomic E-state index is 0.290. The van der Waals surface area contributed by atoms with Gasteiger partial charge in [0.1, 0.15) is 0 Å². The molecule has 0 spiro atoms. The number of fused-ring (bicyclic) bond motifs is 1. The smallest absolute Gasteiger partial charge is 0.202 e. The van der Waals surface area contributed by atoms with E-state index in [0.29, 0.717) is 12.0 Å². The first kappa shape index (κ1) is 13.9. The van der Waals surface area contributed by atoms with Crippen LogP contribution in [0.5, 0.6) is 0 Å². The Hall–Kier alpha value is -1.07. The highest BCUT2D eigenvalue weighted by Crippen LogP contribution is 2.23. The lowest BCUT2D eigenvalue weighted by atomic mass is 10.2. The Balaban J connectivity index is 1.56. The van der Waals surface area contributed by atoms with Gasteiger partial charge in [0.2, 0.25) is 5.95 Å². The van der Waals surface area contributed by atoms with Gasteiger partial charge in [-0.25, -0.2) is 4.98 Å². The zero-order chi connectivity index (χ0) is 13.9. The van der Waals surface area contributed by atoms with Crippen molar-refractivity contribution in [2.75, 3.05) is 31.6 Å². The van der Waals surface area contributed by atoms with Gasteiger partial charge in [0.15, 0.2) is 0 Å². The van der Waals surface area contributed by atoms with Crippen molar-refractivity contribution in [1.29, 1.82) is 0 Å². The first-order valence-electron chi connectivity index (χ1n) is 7.83. The van der Waals surface area contributed by atoms with Gasteiger partial charge < -0.3 is 14.6 Å². The average Bonchev–Trinajstić information content (AvgIpc) is 3.04. The minimum absolute atomic E-state index is 0.290. The summed E-state index contributed by atoms with van der Waals surface area (Å²) < 4.78 is 8.21. The number of anilines is 1. The van der Waals surface area contributed by atoms with Gasteiger partial charge in [0.25, 0.3) is 0 Å². The van der Waals surface area contributed by atoms with Crippen LogP contribution in [0.4, 0.5) is 5.95 Å². The highest BCUT2D eigenvalue weighted by molar-refractivity contribution is 5.25. The number of nitrogens with one attached hydrogen (secondary N) is 1. The van der Waals surface area contributed by atoms with Crippen LogP contribution in [-0.2, 0) is 11.3 Å². The van der Waals surface area contributed by atoms with Gasteiger partial charge in [-0.3, -0.25) is 4.90 Å². The van der Waals surface area contributed by atoms with E-state index in [0.717, 1.165) is 32.2 Å². The van der Waals surface area contributed by atoms with Crippen molar-refractivity contribution in [2.24, 2.45) is 5.92 Å². The Morgan fingerprint density at radius 3 is 3.25 bits per heavy atom. The fraction of sp³-hybridized carbons (Fsp3) is 0.800. The molecule has 2 unspecified atom stereocenters. The average molecular weight is 278 g/mol. The Bertz CT molecular complexity index is 431. The van der Waals surface area contributed by atoms with Crippen LogP contribution in [0.25, 0.3) is 0 Å². The number of morpholine rings is 1. The second kappa shape index (κ2) is 6.14. The van der Waals surface area contributed by atoms with Gasteiger partial charge in [0, 0.05) is 31.5 Å². The molecule has 2 saturated heterocycles. The van der Waals surface area contributed by atoms with Crippen molar-refractivity contribution in [3.8, 4) is 0 Å². The summed E-state index contributed by atoms with van der Waals surface area (Å²) in [6, 6.07) is 0.674. The Labute approximate surface area is 121 Å². The summed E-state index contributed by atoms with van der Waals surface area (Å²) in [5.41, 5.74) is 0. The second-order valence-electron chi connectivity index (χ2n) is 6.42. The molecule has 3 heterocycles. The third kappa shape index (κ3) is 3.15. The summed E-state index contributed by atoms with van der Waals surface area (Å²) in [5, 5.41) is 3.41. The Kier molecular flexibility index (Phi) is 4.27. The summed E-state index contributed by atoms with van der Waals surface area (Å²) >= 11 is 0. The molecule has 0 saturated carbocycles. The SMILES string of the molecule is CC(C)CNc1nccn1CC1CN2CCCC2CO1. The third-order valence-electron chi connectivity index (χ3n) is 4.25. The molecule has 2 atom stereocenters. The zero-order valence-corrected chi connectivity index (χ0v) is 12.6. The number of nitrogens with zero attached hydrogens (tertiary/aromatic N) is 3. The van der Waals surface area contributed by atoms with Crippen LogP contribution < -0.4 is 5.32 Å². The van der Waals surface area contributed by atoms with E-state index in [1.807, 2.05) is 12.4 Å². The van der Waals surface area contributed by atoms with Gasteiger partial charge in [-0.05, 0) is 25.3 Å². The fourth-order valence-corrected chi connectivity index (χ4v) is 3.13. The highest BCUT2D eigenvalue weighted by Gasteiger charge is 2.32. The molecule has 2 aliphatic heterocycles. The molecule has 2 fully saturated rings. The summed E-state index contributed by atoms with van der Waals surface area (Å²) in [4.78, 5) is 6.99. The van der Waals surface area contributed by atoms with Crippen molar-refractivity contribution in [1.82, 2.24) is 14.5 Å². The molecule has 3 rings (SSSR count). The fourth-order valence-electron chi connectivity index (χ4n) is 3.13. The maximum atomic E-state index is 6.03. The monoisotopic (exact) mass is 278 g/mol. The molecule has 1 aromatic heterocycles. The van der Waals surface area contributed by atoms with Gasteiger partial charge in [-0.15, -0.1) is 0 Å². The molecular weight excluding hydrogens is 252 g/mol. The number of ether oxygens (including phenoxy) is 1. The minimum Gasteiger partial charge on any atom is -0.373 e. The number of hydrogen-bond donors (Lipinski definition) is 1. The lowest BCUT2D eigenvalue weighted by Gasteiger charge is -2.35. The molecular formula is C15H26N4O. The van der Waals surface area contributed by atoms with E-state index in [1.165, 1.54) is 19.4 Å².